The molecule has 1 amide bonds. The van der Waals surface area contributed by atoms with Gasteiger partial charge in [-0.3, -0.25) is 4.79 Å². The predicted molar refractivity (Wildman–Crippen MR) is 92.2 cm³/mol. The summed E-state index contributed by atoms with van der Waals surface area (Å²) in [4.78, 5) is 11.6. The lowest BCUT2D eigenvalue weighted by molar-refractivity contribution is -0.117. The highest BCUT2D eigenvalue weighted by Gasteiger charge is 2.29. The van der Waals surface area contributed by atoms with Gasteiger partial charge in [0.2, 0.25) is 15.9 Å². The molecule has 7 nitrogen and oxygen atoms in total. The molecule has 0 spiro atoms. The van der Waals surface area contributed by atoms with Crippen LogP contribution in [0.25, 0.3) is 0 Å². The third kappa shape index (κ3) is 3.96. The largest absolute Gasteiger partial charge is 0.486 e. The molecule has 0 saturated carbocycles. The van der Waals surface area contributed by atoms with Gasteiger partial charge in [-0.15, -0.1) is 0 Å². The Morgan fingerprint density at radius 1 is 1.20 bits per heavy atom. The molecule has 0 bridgehead atoms. The van der Waals surface area contributed by atoms with Crippen LogP contribution in [0.2, 0.25) is 0 Å². The van der Waals surface area contributed by atoms with Crippen molar-refractivity contribution in [3.05, 3.63) is 30.9 Å². The van der Waals surface area contributed by atoms with Crippen LogP contribution < -0.4 is 14.8 Å². The molecule has 2 aliphatic heterocycles. The van der Waals surface area contributed by atoms with Gasteiger partial charge in [0.05, 0.1) is 4.90 Å². The summed E-state index contributed by atoms with van der Waals surface area (Å²) in [6.45, 7) is 5.09. The van der Waals surface area contributed by atoms with E-state index >= 15 is 0 Å². The van der Waals surface area contributed by atoms with Crippen molar-refractivity contribution in [1.29, 1.82) is 0 Å². The van der Waals surface area contributed by atoms with E-state index in [0.717, 1.165) is 6.42 Å². The van der Waals surface area contributed by atoms with Crippen LogP contribution in [0.15, 0.2) is 35.7 Å². The minimum atomic E-state index is -3.61. The number of nitrogens with zero attached hydrogens (tertiary/aromatic N) is 1. The van der Waals surface area contributed by atoms with E-state index < -0.39 is 10.0 Å². The topological polar surface area (TPSA) is 84.9 Å². The van der Waals surface area contributed by atoms with Crippen molar-refractivity contribution < 1.29 is 22.7 Å². The van der Waals surface area contributed by atoms with Gasteiger partial charge >= 0.3 is 0 Å². The molecular weight excluding hydrogens is 344 g/mol. The van der Waals surface area contributed by atoms with Crippen LogP contribution in [0.4, 0.5) is 0 Å². The first kappa shape index (κ1) is 17.8. The molecule has 136 valence electrons. The van der Waals surface area contributed by atoms with Gasteiger partial charge in [0.1, 0.15) is 13.2 Å². The number of carbonyl (C=O) groups is 1. The zero-order chi connectivity index (χ0) is 17.9. The van der Waals surface area contributed by atoms with Crippen LogP contribution in [0, 0.1) is 0 Å². The molecule has 1 N–H and O–H groups in total. The van der Waals surface area contributed by atoms with Crippen molar-refractivity contribution in [2.45, 2.75) is 30.2 Å². The zero-order valence-corrected chi connectivity index (χ0v) is 14.8. The second-order valence-electron chi connectivity index (χ2n) is 6.05. The van der Waals surface area contributed by atoms with E-state index in [-0.39, 0.29) is 16.8 Å². The van der Waals surface area contributed by atoms with Crippen molar-refractivity contribution >= 4 is 15.9 Å². The Labute approximate surface area is 147 Å². The molecule has 0 radical (unpaired) electrons. The number of hydrogen-bond acceptors (Lipinski definition) is 5. The molecule has 2 heterocycles. The number of nitrogens with one attached hydrogen (secondary N) is 1. The molecule has 0 aromatic heterocycles. The van der Waals surface area contributed by atoms with Gasteiger partial charge < -0.3 is 14.8 Å². The summed E-state index contributed by atoms with van der Waals surface area (Å²) in [5, 5.41) is 2.85. The number of carbonyl (C=O) groups excluding carboxylic acids is 1. The average Bonchev–Trinajstić information content (AvgIpc) is 2.87. The van der Waals surface area contributed by atoms with Crippen molar-refractivity contribution in [2.75, 3.05) is 26.3 Å². The van der Waals surface area contributed by atoms with E-state index in [1.165, 1.54) is 16.4 Å². The molecule has 1 unspecified atom stereocenters. The highest BCUT2D eigenvalue weighted by molar-refractivity contribution is 7.89. The number of fused-ring (bicyclic) bond motifs is 1. The molecule has 3 rings (SSSR count). The Bertz CT molecular complexity index is 762. The lowest BCUT2D eigenvalue weighted by Gasteiger charge is -2.22. The molecule has 25 heavy (non-hydrogen) atoms. The summed E-state index contributed by atoms with van der Waals surface area (Å²) in [7, 11) is -3.61. The van der Waals surface area contributed by atoms with Gasteiger partial charge in [-0.05, 0) is 37.5 Å². The first-order chi connectivity index (χ1) is 12.0. The molecular formula is C17H22N2O5S. The van der Waals surface area contributed by atoms with Gasteiger partial charge in [0, 0.05) is 25.2 Å². The van der Waals surface area contributed by atoms with E-state index in [1.807, 2.05) is 0 Å². The molecule has 1 aromatic rings. The minimum absolute atomic E-state index is 0.0361. The second kappa shape index (κ2) is 7.45. The summed E-state index contributed by atoms with van der Waals surface area (Å²) in [5.41, 5.74) is 0. The Morgan fingerprint density at radius 2 is 1.96 bits per heavy atom. The molecule has 0 aliphatic carbocycles. The predicted octanol–water partition coefficient (Wildman–Crippen LogP) is 1.30. The van der Waals surface area contributed by atoms with Crippen LogP contribution in [-0.2, 0) is 14.8 Å². The fourth-order valence-corrected chi connectivity index (χ4v) is 4.56. The average molecular weight is 366 g/mol. The maximum Gasteiger partial charge on any atom is 0.243 e. The van der Waals surface area contributed by atoms with Gasteiger partial charge in [0.15, 0.2) is 11.5 Å². The Balaban J connectivity index is 1.74. The maximum absolute atomic E-state index is 12.9. The van der Waals surface area contributed by atoms with Crippen molar-refractivity contribution in [2.24, 2.45) is 0 Å². The quantitative estimate of drug-likeness (QED) is 0.812. The first-order valence-corrected chi connectivity index (χ1v) is 9.77. The Morgan fingerprint density at radius 3 is 2.72 bits per heavy atom. The second-order valence-corrected chi connectivity index (χ2v) is 7.99. The van der Waals surface area contributed by atoms with Crippen LogP contribution >= 0.6 is 0 Å². The van der Waals surface area contributed by atoms with Crippen molar-refractivity contribution in [3.63, 3.8) is 0 Å². The third-order valence-electron chi connectivity index (χ3n) is 4.37. The Kier molecular flexibility index (Phi) is 5.29. The summed E-state index contributed by atoms with van der Waals surface area (Å²) in [6.07, 6.45) is 3.23. The number of sulfonamides is 1. The van der Waals surface area contributed by atoms with E-state index in [2.05, 4.69) is 11.9 Å². The summed E-state index contributed by atoms with van der Waals surface area (Å²) in [5.74, 6) is 0.791. The van der Waals surface area contributed by atoms with E-state index in [4.69, 9.17) is 9.47 Å². The van der Waals surface area contributed by atoms with E-state index in [1.54, 1.807) is 12.1 Å². The number of ether oxygens (including phenoxy) is 2. The Hall–Kier alpha value is -2.06. The molecule has 1 aromatic carbocycles. The van der Waals surface area contributed by atoms with Crippen LogP contribution in [0.3, 0.4) is 0 Å². The first-order valence-electron chi connectivity index (χ1n) is 8.33. The number of amides is 1. The van der Waals surface area contributed by atoms with Crippen molar-refractivity contribution in [3.8, 4) is 11.5 Å². The van der Waals surface area contributed by atoms with Crippen LogP contribution in [0.1, 0.15) is 19.3 Å². The molecule has 8 heteroatoms. The van der Waals surface area contributed by atoms with Crippen LogP contribution in [-0.4, -0.2) is 51.0 Å². The monoisotopic (exact) mass is 366 g/mol. The summed E-state index contributed by atoms with van der Waals surface area (Å²) in [6, 6.07) is 4.66. The lowest BCUT2D eigenvalue weighted by Crippen LogP contribution is -2.36. The van der Waals surface area contributed by atoms with Gasteiger partial charge in [-0.25, -0.2) is 8.42 Å². The SMILES string of the molecule is C=CC(=O)NC1CCCN(S(=O)(=O)c2ccc3c(c2)OCCO3)CC1. The lowest BCUT2D eigenvalue weighted by atomic mass is 10.1. The molecule has 1 fully saturated rings. The molecule has 2 aliphatic rings. The fraction of sp³-hybridized carbons (Fsp3) is 0.471. The number of rotatable bonds is 4. The molecule has 1 atom stereocenters. The third-order valence-corrected chi connectivity index (χ3v) is 6.26. The standard InChI is InChI=1S/C17H22N2O5S/c1-2-17(20)18-13-4-3-8-19(9-7-13)25(21,22)14-5-6-15-16(12-14)24-11-10-23-15/h2,5-6,12-13H,1,3-4,7-11H2,(H,18,20). The van der Waals surface area contributed by atoms with Crippen molar-refractivity contribution in [1.82, 2.24) is 9.62 Å². The summed E-state index contributed by atoms with van der Waals surface area (Å²) >= 11 is 0. The summed E-state index contributed by atoms with van der Waals surface area (Å²) < 4.78 is 38.3. The smallest absolute Gasteiger partial charge is 0.243 e. The fourth-order valence-electron chi connectivity index (χ4n) is 3.05. The van der Waals surface area contributed by atoms with E-state index in [0.29, 0.717) is 50.6 Å². The van der Waals surface area contributed by atoms with E-state index in [9.17, 15) is 13.2 Å². The van der Waals surface area contributed by atoms with Crippen LogP contribution in [0.5, 0.6) is 11.5 Å². The normalized spacial score (nSPS) is 21.2. The number of hydrogen-bond donors (Lipinski definition) is 1. The maximum atomic E-state index is 12.9. The minimum Gasteiger partial charge on any atom is -0.486 e. The zero-order valence-electron chi connectivity index (χ0n) is 13.9. The van der Waals surface area contributed by atoms with Gasteiger partial charge in [0.25, 0.3) is 0 Å². The highest BCUT2D eigenvalue weighted by Crippen LogP contribution is 2.33. The van der Waals surface area contributed by atoms with Gasteiger partial charge in [-0.1, -0.05) is 6.58 Å². The highest BCUT2D eigenvalue weighted by atomic mass is 32.2. The molecule has 1 saturated heterocycles. The number of benzene rings is 1. The van der Waals surface area contributed by atoms with Gasteiger partial charge in [-0.2, -0.15) is 4.31 Å².